The van der Waals surface area contributed by atoms with Crippen molar-refractivity contribution in [2.45, 2.75) is 32.4 Å². The average molecular weight is 272 g/mol. The van der Waals surface area contributed by atoms with Gasteiger partial charge < -0.3 is 9.67 Å². The molecule has 1 atom stereocenters. The van der Waals surface area contributed by atoms with Crippen LogP contribution < -0.4 is 0 Å². The van der Waals surface area contributed by atoms with E-state index in [1.165, 1.54) is 6.07 Å². The Morgan fingerprint density at radius 2 is 2.20 bits per heavy atom. The lowest BCUT2D eigenvalue weighted by Gasteiger charge is -2.07. The highest BCUT2D eigenvalue weighted by Gasteiger charge is 2.08. The summed E-state index contributed by atoms with van der Waals surface area (Å²) in [6.07, 6.45) is 4.98. The zero-order chi connectivity index (χ0) is 14.5. The summed E-state index contributed by atoms with van der Waals surface area (Å²) < 4.78 is 15.2. The minimum absolute atomic E-state index is 0.0564. The largest absolute Gasteiger partial charge is 0.388 e. The standard InChI is InChI=1S/C16H17FN2O/c1-2-3-16(20)13-6-7-19(11-13)10-12-4-5-15(17)14(8-12)9-18/h4-8,11,16,20H,2-3,10H2,1H3. The number of rotatable bonds is 5. The molecule has 0 saturated heterocycles. The predicted octanol–water partition coefficient (Wildman–Crippen LogP) is 3.38. The molecular weight excluding hydrogens is 255 g/mol. The zero-order valence-electron chi connectivity index (χ0n) is 11.4. The van der Waals surface area contributed by atoms with Crippen molar-refractivity contribution in [2.24, 2.45) is 0 Å². The minimum Gasteiger partial charge on any atom is -0.388 e. The molecule has 1 aromatic heterocycles. The van der Waals surface area contributed by atoms with Crippen molar-refractivity contribution in [3.63, 3.8) is 0 Å². The van der Waals surface area contributed by atoms with Gasteiger partial charge in [-0.3, -0.25) is 0 Å². The van der Waals surface area contributed by atoms with Gasteiger partial charge >= 0.3 is 0 Å². The second-order valence-corrected chi connectivity index (χ2v) is 4.85. The van der Waals surface area contributed by atoms with E-state index >= 15 is 0 Å². The first kappa shape index (κ1) is 14.3. The third kappa shape index (κ3) is 3.25. The molecule has 1 N–H and O–H groups in total. The number of aliphatic hydroxyl groups excluding tert-OH is 1. The van der Waals surface area contributed by atoms with Crippen LogP contribution in [0.15, 0.2) is 36.7 Å². The number of hydrogen-bond acceptors (Lipinski definition) is 2. The van der Waals surface area contributed by atoms with Crippen molar-refractivity contribution in [3.8, 4) is 6.07 Å². The molecule has 0 saturated carbocycles. The SMILES string of the molecule is CCCC(O)c1ccn(Cc2ccc(F)c(C#N)c2)c1. The fourth-order valence-electron chi connectivity index (χ4n) is 2.16. The molecule has 0 bridgehead atoms. The Bertz CT molecular complexity index is 628. The molecule has 0 fully saturated rings. The van der Waals surface area contributed by atoms with E-state index < -0.39 is 11.9 Å². The van der Waals surface area contributed by atoms with Gasteiger partial charge in [-0.15, -0.1) is 0 Å². The third-order valence-corrected chi connectivity index (χ3v) is 3.24. The van der Waals surface area contributed by atoms with Crippen LogP contribution in [0, 0.1) is 17.1 Å². The van der Waals surface area contributed by atoms with Crippen LogP contribution in [0.5, 0.6) is 0 Å². The molecule has 0 aliphatic rings. The lowest BCUT2D eigenvalue weighted by Crippen LogP contribution is -1.99. The summed E-state index contributed by atoms with van der Waals surface area (Å²) in [7, 11) is 0. The number of nitriles is 1. The van der Waals surface area contributed by atoms with Crippen LogP contribution in [0.4, 0.5) is 4.39 Å². The van der Waals surface area contributed by atoms with Gasteiger partial charge in [-0.05, 0) is 35.7 Å². The Balaban J connectivity index is 2.13. The summed E-state index contributed by atoms with van der Waals surface area (Å²) in [5, 5.41) is 18.7. The Kier molecular flexibility index (Phi) is 4.54. The maximum atomic E-state index is 13.2. The van der Waals surface area contributed by atoms with Crippen molar-refractivity contribution in [3.05, 3.63) is 59.2 Å². The molecule has 1 unspecified atom stereocenters. The van der Waals surface area contributed by atoms with Crippen molar-refractivity contribution in [2.75, 3.05) is 0 Å². The molecule has 1 heterocycles. The number of halogens is 1. The summed E-state index contributed by atoms with van der Waals surface area (Å²) >= 11 is 0. The molecule has 0 spiro atoms. The van der Waals surface area contributed by atoms with Crippen LogP contribution in [-0.2, 0) is 6.54 Å². The molecule has 0 amide bonds. The molecule has 2 aromatic rings. The molecule has 0 aliphatic heterocycles. The van der Waals surface area contributed by atoms with Gasteiger partial charge in [0.05, 0.1) is 11.7 Å². The van der Waals surface area contributed by atoms with Crippen LogP contribution >= 0.6 is 0 Å². The molecule has 3 nitrogen and oxygen atoms in total. The van der Waals surface area contributed by atoms with Gasteiger partial charge in [0.2, 0.25) is 0 Å². The molecular formula is C16H17FN2O. The van der Waals surface area contributed by atoms with Gasteiger partial charge in [-0.1, -0.05) is 19.4 Å². The van der Waals surface area contributed by atoms with E-state index in [2.05, 4.69) is 0 Å². The van der Waals surface area contributed by atoms with Crippen LogP contribution in [0.25, 0.3) is 0 Å². The zero-order valence-corrected chi connectivity index (χ0v) is 11.4. The first-order valence-corrected chi connectivity index (χ1v) is 6.66. The third-order valence-electron chi connectivity index (χ3n) is 3.24. The fraction of sp³-hybridized carbons (Fsp3) is 0.312. The maximum Gasteiger partial charge on any atom is 0.140 e. The van der Waals surface area contributed by atoms with Crippen LogP contribution in [0.1, 0.15) is 42.6 Å². The van der Waals surface area contributed by atoms with Gasteiger partial charge in [-0.2, -0.15) is 5.26 Å². The van der Waals surface area contributed by atoms with E-state index in [1.54, 1.807) is 12.1 Å². The molecule has 1 aromatic carbocycles. The Morgan fingerprint density at radius 3 is 2.90 bits per heavy atom. The fourth-order valence-corrected chi connectivity index (χ4v) is 2.16. The summed E-state index contributed by atoms with van der Waals surface area (Å²) in [6.45, 7) is 2.58. The molecule has 4 heteroatoms. The summed E-state index contributed by atoms with van der Waals surface area (Å²) in [5.41, 5.74) is 1.80. The number of nitrogens with zero attached hydrogens (tertiary/aromatic N) is 2. The van der Waals surface area contributed by atoms with Crippen molar-refractivity contribution >= 4 is 0 Å². The van der Waals surface area contributed by atoms with Crippen LogP contribution in [0.3, 0.4) is 0 Å². The number of aliphatic hydroxyl groups is 1. The first-order valence-electron chi connectivity index (χ1n) is 6.66. The van der Waals surface area contributed by atoms with Gasteiger partial charge in [0.25, 0.3) is 0 Å². The molecule has 20 heavy (non-hydrogen) atoms. The van der Waals surface area contributed by atoms with E-state index in [4.69, 9.17) is 5.26 Å². The summed E-state index contributed by atoms with van der Waals surface area (Å²) in [5.74, 6) is -0.497. The van der Waals surface area contributed by atoms with Gasteiger partial charge in [0, 0.05) is 18.9 Å². The second kappa shape index (κ2) is 6.36. The second-order valence-electron chi connectivity index (χ2n) is 4.85. The highest BCUT2D eigenvalue weighted by atomic mass is 19.1. The minimum atomic E-state index is -0.497. The highest BCUT2D eigenvalue weighted by Crippen LogP contribution is 2.19. The van der Waals surface area contributed by atoms with Crippen molar-refractivity contribution < 1.29 is 9.50 Å². The van der Waals surface area contributed by atoms with E-state index in [1.807, 2.05) is 36.0 Å². The topological polar surface area (TPSA) is 49.0 Å². The lowest BCUT2D eigenvalue weighted by molar-refractivity contribution is 0.166. The van der Waals surface area contributed by atoms with E-state index in [-0.39, 0.29) is 5.56 Å². The van der Waals surface area contributed by atoms with E-state index in [0.717, 1.165) is 24.0 Å². The van der Waals surface area contributed by atoms with Gasteiger partial charge in [0.1, 0.15) is 11.9 Å². The number of hydrogen-bond donors (Lipinski definition) is 1. The van der Waals surface area contributed by atoms with E-state index in [0.29, 0.717) is 6.54 Å². The van der Waals surface area contributed by atoms with Gasteiger partial charge in [-0.25, -0.2) is 4.39 Å². The predicted molar refractivity (Wildman–Crippen MR) is 74.5 cm³/mol. The Labute approximate surface area is 117 Å². The lowest BCUT2D eigenvalue weighted by atomic mass is 10.1. The molecule has 0 radical (unpaired) electrons. The number of aromatic nitrogens is 1. The highest BCUT2D eigenvalue weighted by molar-refractivity contribution is 5.34. The first-order chi connectivity index (χ1) is 9.63. The summed E-state index contributed by atoms with van der Waals surface area (Å²) in [6, 6.07) is 8.25. The van der Waals surface area contributed by atoms with E-state index in [9.17, 15) is 9.50 Å². The number of benzene rings is 1. The average Bonchev–Trinajstić information content (AvgIpc) is 2.90. The smallest absolute Gasteiger partial charge is 0.140 e. The molecule has 2 rings (SSSR count). The van der Waals surface area contributed by atoms with Crippen molar-refractivity contribution in [1.29, 1.82) is 5.26 Å². The summed E-state index contributed by atoms with van der Waals surface area (Å²) in [4.78, 5) is 0. The van der Waals surface area contributed by atoms with Crippen LogP contribution in [0.2, 0.25) is 0 Å². The molecule has 0 aliphatic carbocycles. The normalized spacial score (nSPS) is 12.1. The monoisotopic (exact) mass is 272 g/mol. The Hall–Kier alpha value is -2.12. The molecule has 104 valence electrons. The van der Waals surface area contributed by atoms with Crippen LogP contribution in [-0.4, -0.2) is 9.67 Å². The quantitative estimate of drug-likeness (QED) is 0.907. The van der Waals surface area contributed by atoms with Gasteiger partial charge in [0.15, 0.2) is 0 Å². The Morgan fingerprint density at radius 1 is 1.40 bits per heavy atom. The maximum absolute atomic E-state index is 13.2. The van der Waals surface area contributed by atoms with Crippen molar-refractivity contribution in [1.82, 2.24) is 4.57 Å².